The molecule has 8 nitrogen and oxygen atoms in total. The molecule has 32 heavy (non-hydrogen) atoms. The number of carbonyl (C=O) groups excluding carboxylic acids is 1. The number of hydrogen-bond acceptors (Lipinski definition) is 6. The molecule has 1 unspecified atom stereocenters. The summed E-state index contributed by atoms with van der Waals surface area (Å²) < 4.78 is 11.6. The second-order valence-corrected chi connectivity index (χ2v) is 8.27. The Hall–Kier alpha value is -3.13. The standard InChI is InChI=1S/C23H26ClN5O3/c24-21-8-4-5-9-22(21)31-16-20(15-29-26-17-25-27-29)32-23(30)28-12-10-19(11-13-28)14-18-6-2-1-3-7-18/h1-9,17,19-20H,10-16H2. The third kappa shape index (κ3) is 6.20. The number of piperidine rings is 1. The minimum absolute atomic E-state index is 0.126. The fourth-order valence-electron chi connectivity index (χ4n) is 3.81. The van der Waals surface area contributed by atoms with Crippen LogP contribution in [0.2, 0.25) is 5.02 Å². The Balaban J connectivity index is 1.31. The molecule has 0 bridgehead atoms. The quantitative estimate of drug-likeness (QED) is 0.513. The Morgan fingerprint density at radius 3 is 2.56 bits per heavy atom. The molecule has 1 saturated heterocycles. The molecule has 1 amide bonds. The van der Waals surface area contributed by atoms with E-state index in [-0.39, 0.29) is 19.2 Å². The van der Waals surface area contributed by atoms with Crippen molar-refractivity contribution in [3.8, 4) is 5.75 Å². The van der Waals surface area contributed by atoms with Crippen LogP contribution < -0.4 is 4.74 Å². The first-order valence-electron chi connectivity index (χ1n) is 10.7. The molecule has 0 saturated carbocycles. The molecule has 2 heterocycles. The van der Waals surface area contributed by atoms with E-state index in [1.54, 1.807) is 17.0 Å². The summed E-state index contributed by atoms with van der Waals surface area (Å²) in [5.41, 5.74) is 1.34. The van der Waals surface area contributed by atoms with Gasteiger partial charge >= 0.3 is 6.09 Å². The third-order valence-corrected chi connectivity index (χ3v) is 5.84. The highest BCUT2D eigenvalue weighted by Crippen LogP contribution is 2.24. The number of rotatable bonds is 8. The SMILES string of the molecule is O=C(OC(COc1ccccc1Cl)Cn1ncnn1)N1CCC(Cc2ccccc2)CC1. The van der Waals surface area contributed by atoms with E-state index >= 15 is 0 Å². The van der Waals surface area contributed by atoms with Gasteiger partial charge in [0.2, 0.25) is 0 Å². The van der Waals surface area contributed by atoms with Crippen LogP contribution in [0.15, 0.2) is 60.9 Å². The highest BCUT2D eigenvalue weighted by atomic mass is 35.5. The van der Waals surface area contributed by atoms with E-state index in [1.165, 1.54) is 16.7 Å². The molecule has 2 aromatic carbocycles. The lowest BCUT2D eigenvalue weighted by Gasteiger charge is -2.32. The van der Waals surface area contributed by atoms with Crippen LogP contribution >= 0.6 is 11.6 Å². The van der Waals surface area contributed by atoms with Crippen molar-refractivity contribution in [1.82, 2.24) is 25.1 Å². The number of ether oxygens (including phenoxy) is 2. The monoisotopic (exact) mass is 455 g/mol. The first-order valence-corrected chi connectivity index (χ1v) is 11.1. The highest BCUT2D eigenvalue weighted by Gasteiger charge is 2.27. The van der Waals surface area contributed by atoms with E-state index in [0.717, 1.165) is 19.3 Å². The summed E-state index contributed by atoms with van der Waals surface area (Å²) in [6.07, 6.45) is 3.35. The normalized spacial score (nSPS) is 15.3. The van der Waals surface area contributed by atoms with E-state index in [0.29, 0.717) is 29.8 Å². The maximum atomic E-state index is 12.8. The zero-order chi connectivity index (χ0) is 22.2. The lowest BCUT2D eigenvalue weighted by Crippen LogP contribution is -2.42. The first kappa shape index (κ1) is 22.1. The minimum atomic E-state index is -0.588. The number of carbonyl (C=O) groups is 1. The summed E-state index contributed by atoms with van der Waals surface area (Å²) in [4.78, 5) is 16.0. The fraction of sp³-hybridized carbons (Fsp3) is 0.391. The van der Waals surface area contributed by atoms with Gasteiger partial charge in [-0.3, -0.25) is 0 Å². The number of likely N-dealkylation sites (tertiary alicyclic amines) is 1. The molecule has 1 aliphatic rings. The number of hydrogen-bond donors (Lipinski definition) is 0. The van der Waals surface area contributed by atoms with Crippen LogP contribution in [-0.2, 0) is 17.7 Å². The van der Waals surface area contributed by atoms with Crippen molar-refractivity contribution in [2.45, 2.75) is 31.9 Å². The second-order valence-electron chi connectivity index (χ2n) is 7.86. The Bertz CT molecular complexity index is 978. The average molecular weight is 456 g/mol. The fourth-order valence-corrected chi connectivity index (χ4v) is 4.00. The summed E-state index contributed by atoms with van der Waals surface area (Å²) in [5, 5.41) is 12.1. The maximum absolute atomic E-state index is 12.8. The van der Waals surface area contributed by atoms with Crippen molar-refractivity contribution in [1.29, 1.82) is 0 Å². The second kappa shape index (κ2) is 10.9. The lowest BCUT2D eigenvalue weighted by atomic mass is 9.90. The molecule has 0 N–H and O–H groups in total. The van der Waals surface area contributed by atoms with Crippen molar-refractivity contribution >= 4 is 17.7 Å². The van der Waals surface area contributed by atoms with Crippen molar-refractivity contribution in [2.75, 3.05) is 19.7 Å². The van der Waals surface area contributed by atoms with Crippen LogP contribution in [0, 0.1) is 5.92 Å². The summed E-state index contributed by atoms with van der Waals surface area (Å²) in [5.74, 6) is 1.10. The predicted octanol–water partition coefficient (Wildman–Crippen LogP) is 3.87. The van der Waals surface area contributed by atoms with Crippen LogP contribution in [-0.4, -0.2) is 57.0 Å². The summed E-state index contributed by atoms with van der Waals surface area (Å²) in [6.45, 7) is 1.72. The topological polar surface area (TPSA) is 82.4 Å². The highest BCUT2D eigenvalue weighted by molar-refractivity contribution is 6.32. The number of halogens is 1. The predicted molar refractivity (Wildman–Crippen MR) is 119 cm³/mol. The number of amides is 1. The molecule has 1 fully saturated rings. The van der Waals surface area contributed by atoms with E-state index in [1.807, 2.05) is 18.2 Å². The minimum Gasteiger partial charge on any atom is -0.488 e. The smallest absolute Gasteiger partial charge is 0.410 e. The Labute approximate surface area is 192 Å². The molecular formula is C23H26ClN5O3. The molecule has 0 spiro atoms. The molecule has 1 aliphatic heterocycles. The summed E-state index contributed by atoms with van der Waals surface area (Å²) >= 11 is 6.17. The van der Waals surface area contributed by atoms with Gasteiger partial charge in [-0.05, 0) is 48.1 Å². The van der Waals surface area contributed by atoms with Gasteiger partial charge in [-0.15, -0.1) is 10.2 Å². The first-order chi connectivity index (χ1) is 15.7. The Morgan fingerprint density at radius 1 is 1.09 bits per heavy atom. The van der Waals surface area contributed by atoms with Gasteiger partial charge in [-0.2, -0.15) is 4.80 Å². The molecule has 0 radical (unpaired) electrons. The Morgan fingerprint density at radius 2 is 1.84 bits per heavy atom. The number of nitrogens with zero attached hydrogens (tertiary/aromatic N) is 5. The largest absolute Gasteiger partial charge is 0.488 e. The summed E-state index contributed by atoms with van der Waals surface area (Å²) in [7, 11) is 0. The van der Waals surface area contributed by atoms with Crippen molar-refractivity contribution < 1.29 is 14.3 Å². The van der Waals surface area contributed by atoms with Gasteiger partial charge in [0.05, 0.1) is 5.02 Å². The molecule has 1 atom stereocenters. The molecule has 9 heteroatoms. The van der Waals surface area contributed by atoms with Gasteiger partial charge < -0.3 is 14.4 Å². The number of benzene rings is 2. The van der Waals surface area contributed by atoms with Gasteiger partial charge in [-0.25, -0.2) is 4.79 Å². The van der Waals surface area contributed by atoms with Gasteiger partial charge in [0.15, 0.2) is 12.4 Å². The van der Waals surface area contributed by atoms with Crippen LogP contribution in [0.3, 0.4) is 0 Å². The van der Waals surface area contributed by atoms with Crippen molar-refractivity contribution in [3.63, 3.8) is 0 Å². The van der Waals surface area contributed by atoms with E-state index in [2.05, 4.69) is 39.7 Å². The van der Waals surface area contributed by atoms with E-state index in [9.17, 15) is 4.79 Å². The van der Waals surface area contributed by atoms with Gasteiger partial charge in [0, 0.05) is 13.1 Å². The molecule has 3 aromatic rings. The van der Waals surface area contributed by atoms with Crippen LogP contribution in [0.1, 0.15) is 18.4 Å². The van der Waals surface area contributed by atoms with Gasteiger partial charge in [0.25, 0.3) is 0 Å². The van der Waals surface area contributed by atoms with E-state index in [4.69, 9.17) is 21.1 Å². The van der Waals surface area contributed by atoms with Crippen LogP contribution in [0.25, 0.3) is 0 Å². The molecule has 168 valence electrons. The average Bonchev–Trinajstić information content (AvgIpc) is 3.32. The number of tetrazole rings is 1. The number of para-hydroxylation sites is 1. The van der Waals surface area contributed by atoms with E-state index < -0.39 is 6.10 Å². The molecule has 1 aromatic heterocycles. The van der Waals surface area contributed by atoms with Gasteiger partial charge in [-0.1, -0.05) is 54.1 Å². The van der Waals surface area contributed by atoms with Crippen molar-refractivity contribution in [2.24, 2.45) is 5.92 Å². The lowest BCUT2D eigenvalue weighted by molar-refractivity contribution is 0.0212. The zero-order valence-electron chi connectivity index (χ0n) is 17.7. The van der Waals surface area contributed by atoms with Crippen molar-refractivity contribution in [3.05, 3.63) is 71.5 Å². The third-order valence-electron chi connectivity index (χ3n) is 5.53. The van der Waals surface area contributed by atoms with Gasteiger partial charge in [0.1, 0.15) is 18.9 Å². The molecular weight excluding hydrogens is 430 g/mol. The molecule has 0 aliphatic carbocycles. The number of aromatic nitrogens is 4. The van der Waals surface area contributed by atoms with Crippen LogP contribution in [0.4, 0.5) is 4.79 Å². The summed E-state index contributed by atoms with van der Waals surface area (Å²) in [6, 6.07) is 17.7. The maximum Gasteiger partial charge on any atom is 0.410 e. The zero-order valence-corrected chi connectivity index (χ0v) is 18.5. The molecule has 4 rings (SSSR count). The Kier molecular flexibility index (Phi) is 7.55. The van der Waals surface area contributed by atoms with Crippen LogP contribution in [0.5, 0.6) is 5.75 Å².